The molecular formula is C15H14N4O2. The molecule has 2 aromatic rings. The molecule has 0 saturated carbocycles. The van der Waals surface area contributed by atoms with Gasteiger partial charge in [0.15, 0.2) is 0 Å². The van der Waals surface area contributed by atoms with Gasteiger partial charge in [-0.2, -0.15) is 5.26 Å². The van der Waals surface area contributed by atoms with Gasteiger partial charge in [0, 0.05) is 6.07 Å². The quantitative estimate of drug-likeness (QED) is 0.685. The van der Waals surface area contributed by atoms with Gasteiger partial charge in [-0.25, -0.2) is 4.98 Å². The summed E-state index contributed by atoms with van der Waals surface area (Å²) in [6.07, 6.45) is 0. The summed E-state index contributed by atoms with van der Waals surface area (Å²) in [6, 6.07) is 12.5. The van der Waals surface area contributed by atoms with Crippen molar-refractivity contribution in [3.63, 3.8) is 0 Å². The third kappa shape index (κ3) is 3.15. The van der Waals surface area contributed by atoms with Crippen LogP contribution in [0.25, 0.3) is 0 Å². The predicted molar refractivity (Wildman–Crippen MR) is 78.8 cm³/mol. The minimum Gasteiger partial charge on any atom is -0.363 e. The van der Waals surface area contributed by atoms with Crippen molar-refractivity contribution in [2.75, 3.05) is 5.32 Å². The molecule has 6 nitrogen and oxygen atoms in total. The number of nitrogens with one attached hydrogen (secondary N) is 1. The van der Waals surface area contributed by atoms with Crippen LogP contribution in [0, 0.1) is 28.4 Å². The Kier molecular flexibility index (Phi) is 4.14. The molecule has 0 aliphatic carbocycles. The summed E-state index contributed by atoms with van der Waals surface area (Å²) in [5.74, 6) is 0.438. The fourth-order valence-electron chi connectivity index (χ4n) is 2.13. The molecule has 0 amide bonds. The number of aromatic nitrogens is 1. The van der Waals surface area contributed by atoms with Crippen molar-refractivity contribution in [1.29, 1.82) is 5.26 Å². The molecule has 1 unspecified atom stereocenters. The van der Waals surface area contributed by atoms with Gasteiger partial charge in [0.1, 0.15) is 11.9 Å². The van der Waals surface area contributed by atoms with Crippen molar-refractivity contribution in [2.45, 2.75) is 19.9 Å². The van der Waals surface area contributed by atoms with Crippen LogP contribution < -0.4 is 5.32 Å². The maximum absolute atomic E-state index is 10.8. The zero-order valence-corrected chi connectivity index (χ0v) is 11.7. The molecule has 0 radical (unpaired) electrons. The highest BCUT2D eigenvalue weighted by atomic mass is 16.6. The zero-order valence-electron chi connectivity index (χ0n) is 11.7. The van der Waals surface area contributed by atoms with Gasteiger partial charge in [-0.3, -0.25) is 10.1 Å². The lowest BCUT2D eigenvalue weighted by molar-refractivity contribution is -0.385. The monoisotopic (exact) mass is 282 g/mol. The number of aryl methyl sites for hydroxylation is 1. The molecule has 1 aromatic carbocycles. The Morgan fingerprint density at radius 1 is 1.33 bits per heavy atom. The average molecular weight is 282 g/mol. The second kappa shape index (κ2) is 6.01. The second-order valence-corrected chi connectivity index (χ2v) is 4.66. The number of hydrogen-bond donors (Lipinski definition) is 1. The van der Waals surface area contributed by atoms with Crippen molar-refractivity contribution in [3.05, 3.63) is 63.3 Å². The van der Waals surface area contributed by atoms with Gasteiger partial charge in [0.2, 0.25) is 5.69 Å². The van der Waals surface area contributed by atoms with Crippen molar-refractivity contribution < 1.29 is 4.92 Å². The highest BCUT2D eigenvalue weighted by molar-refractivity contribution is 5.51. The van der Waals surface area contributed by atoms with Crippen LogP contribution in [0.3, 0.4) is 0 Å². The summed E-state index contributed by atoms with van der Waals surface area (Å²) in [4.78, 5) is 14.2. The SMILES string of the molecule is Cc1ccccc1C(C)Nc1ccc([N+](=O)[O-])c(C#N)n1. The summed E-state index contributed by atoms with van der Waals surface area (Å²) < 4.78 is 0. The van der Waals surface area contributed by atoms with Gasteiger partial charge < -0.3 is 5.32 Å². The Labute approximate surface area is 122 Å². The van der Waals surface area contributed by atoms with E-state index in [1.54, 1.807) is 6.07 Å². The average Bonchev–Trinajstić information content (AvgIpc) is 2.47. The molecule has 0 saturated heterocycles. The topological polar surface area (TPSA) is 91.9 Å². The van der Waals surface area contributed by atoms with Crippen LogP contribution in [0.1, 0.15) is 29.8 Å². The van der Waals surface area contributed by atoms with Crippen LogP contribution in [0.5, 0.6) is 0 Å². The third-order valence-electron chi connectivity index (χ3n) is 3.20. The summed E-state index contributed by atoms with van der Waals surface area (Å²) in [5, 5.41) is 22.9. The number of nitriles is 1. The molecule has 6 heteroatoms. The lowest BCUT2D eigenvalue weighted by Crippen LogP contribution is -2.10. The van der Waals surface area contributed by atoms with E-state index in [1.807, 2.05) is 38.1 Å². The second-order valence-electron chi connectivity index (χ2n) is 4.66. The number of anilines is 1. The molecule has 0 bridgehead atoms. The van der Waals surface area contributed by atoms with Gasteiger partial charge in [-0.15, -0.1) is 0 Å². The largest absolute Gasteiger partial charge is 0.363 e. The summed E-state index contributed by atoms with van der Waals surface area (Å²) in [7, 11) is 0. The van der Waals surface area contributed by atoms with Gasteiger partial charge in [-0.05, 0) is 31.0 Å². The van der Waals surface area contributed by atoms with Crippen LogP contribution >= 0.6 is 0 Å². The standard InChI is InChI=1S/C15H14N4O2/c1-10-5-3-4-6-12(10)11(2)17-15-8-7-14(19(20)21)13(9-16)18-15/h3-8,11H,1-2H3,(H,17,18). The Morgan fingerprint density at radius 3 is 2.67 bits per heavy atom. The predicted octanol–water partition coefficient (Wildman–Crippen LogP) is 3.34. The maximum Gasteiger partial charge on any atom is 0.305 e. The minimum absolute atomic E-state index is 0.0216. The Morgan fingerprint density at radius 2 is 2.05 bits per heavy atom. The Hall–Kier alpha value is -2.94. The molecule has 21 heavy (non-hydrogen) atoms. The molecule has 0 aliphatic rings. The minimum atomic E-state index is -0.611. The molecule has 2 rings (SSSR count). The fraction of sp³-hybridized carbons (Fsp3) is 0.200. The molecule has 1 heterocycles. The first kappa shape index (κ1) is 14.5. The molecule has 0 spiro atoms. The van der Waals surface area contributed by atoms with E-state index >= 15 is 0 Å². The first-order valence-electron chi connectivity index (χ1n) is 6.40. The van der Waals surface area contributed by atoms with Crippen LogP contribution in [-0.2, 0) is 0 Å². The molecule has 0 aliphatic heterocycles. The third-order valence-corrected chi connectivity index (χ3v) is 3.20. The van der Waals surface area contributed by atoms with Crippen LogP contribution in [0.15, 0.2) is 36.4 Å². The Bertz CT molecular complexity index is 722. The number of nitro groups is 1. The van der Waals surface area contributed by atoms with E-state index < -0.39 is 4.92 Å². The lowest BCUT2D eigenvalue weighted by Gasteiger charge is -2.17. The van der Waals surface area contributed by atoms with E-state index in [2.05, 4.69) is 10.3 Å². The fourth-order valence-corrected chi connectivity index (χ4v) is 2.13. The van der Waals surface area contributed by atoms with Gasteiger partial charge in [0.25, 0.3) is 0 Å². The molecular weight excluding hydrogens is 268 g/mol. The highest BCUT2D eigenvalue weighted by Crippen LogP contribution is 2.23. The highest BCUT2D eigenvalue weighted by Gasteiger charge is 2.16. The van der Waals surface area contributed by atoms with E-state index in [9.17, 15) is 10.1 Å². The van der Waals surface area contributed by atoms with Crippen LogP contribution in [-0.4, -0.2) is 9.91 Å². The van der Waals surface area contributed by atoms with Crippen molar-refractivity contribution >= 4 is 11.5 Å². The number of nitrogens with zero attached hydrogens (tertiary/aromatic N) is 3. The molecule has 0 fully saturated rings. The first-order chi connectivity index (χ1) is 10.0. The van der Waals surface area contributed by atoms with Crippen molar-refractivity contribution in [2.24, 2.45) is 0 Å². The van der Waals surface area contributed by atoms with E-state index in [-0.39, 0.29) is 17.4 Å². The number of pyridine rings is 1. The normalized spacial score (nSPS) is 11.5. The maximum atomic E-state index is 10.8. The number of rotatable bonds is 4. The van der Waals surface area contributed by atoms with Gasteiger partial charge in [0.05, 0.1) is 11.0 Å². The van der Waals surface area contributed by atoms with E-state index in [0.717, 1.165) is 11.1 Å². The summed E-state index contributed by atoms with van der Waals surface area (Å²) in [6.45, 7) is 3.98. The van der Waals surface area contributed by atoms with Crippen molar-refractivity contribution in [3.8, 4) is 6.07 Å². The lowest BCUT2D eigenvalue weighted by atomic mass is 10.0. The van der Waals surface area contributed by atoms with Crippen LogP contribution in [0.2, 0.25) is 0 Å². The molecule has 1 aromatic heterocycles. The molecule has 106 valence electrons. The Balaban J connectivity index is 2.27. The smallest absolute Gasteiger partial charge is 0.305 e. The van der Waals surface area contributed by atoms with Gasteiger partial charge >= 0.3 is 5.69 Å². The zero-order chi connectivity index (χ0) is 15.4. The van der Waals surface area contributed by atoms with Gasteiger partial charge in [-0.1, -0.05) is 24.3 Å². The van der Waals surface area contributed by atoms with Crippen molar-refractivity contribution in [1.82, 2.24) is 4.98 Å². The van der Waals surface area contributed by atoms with Crippen LogP contribution in [0.4, 0.5) is 11.5 Å². The number of hydrogen-bond acceptors (Lipinski definition) is 5. The first-order valence-corrected chi connectivity index (χ1v) is 6.40. The van der Waals surface area contributed by atoms with E-state index in [1.165, 1.54) is 12.1 Å². The number of benzene rings is 1. The molecule has 1 N–H and O–H groups in total. The van der Waals surface area contributed by atoms with E-state index in [4.69, 9.17) is 5.26 Å². The summed E-state index contributed by atoms with van der Waals surface area (Å²) in [5.41, 5.74) is 1.77. The molecule has 1 atom stereocenters. The summed E-state index contributed by atoms with van der Waals surface area (Å²) >= 11 is 0. The van der Waals surface area contributed by atoms with E-state index in [0.29, 0.717) is 5.82 Å².